The van der Waals surface area contributed by atoms with E-state index >= 15 is 0 Å². The minimum absolute atomic E-state index is 0.107. The molecule has 0 saturated heterocycles. The first-order chi connectivity index (χ1) is 9.97. The highest BCUT2D eigenvalue weighted by Crippen LogP contribution is 2.40. The Morgan fingerprint density at radius 1 is 1.38 bits per heavy atom. The van der Waals surface area contributed by atoms with E-state index in [0.717, 1.165) is 27.4 Å². The molecule has 3 nitrogen and oxygen atoms in total. The zero-order valence-electron chi connectivity index (χ0n) is 12.7. The highest BCUT2D eigenvalue weighted by molar-refractivity contribution is 9.10. The van der Waals surface area contributed by atoms with Crippen LogP contribution in [-0.4, -0.2) is 14.5 Å². The van der Waals surface area contributed by atoms with Crippen LogP contribution < -0.4 is 0 Å². The van der Waals surface area contributed by atoms with Crippen molar-refractivity contribution in [1.82, 2.24) is 14.5 Å². The molecular weight excluding hydrogens is 350 g/mol. The summed E-state index contributed by atoms with van der Waals surface area (Å²) in [6.45, 7) is 6.68. The van der Waals surface area contributed by atoms with Gasteiger partial charge < -0.3 is 4.57 Å². The van der Waals surface area contributed by atoms with Crippen LogP contribution in [0.1, 0.15) is 57.3 Å². The summed E-state index contributed by atoms with van der Waals surface area (Å²) in [7, 11) is 0. The van der Waals surface area contributed by atoms with Gasteiger partial charge in [0.15, 0.2) is 5.65 Å². The molecule has 5 heteroatoms. The molecule has 3 rings (SSSR count). The maximum atomic E-state index is 6.39. The van der Waals surface area contributed by atoms with Crippen LogP contribution in [0.3, 0.4) is 0 Å². The summed E-state index contributed by atoms with van der Waals surface area (Å²) in [6, 6.07) is 2.48. The summed E-state index contributed by atoms with van der Waals surface area (Å²) < 4.78 is 3.26. The van der Waals surface area contributed by atoms with E-state index in [0.29, 0.717) is 12.0 Å². The monoisotopic (exact) mass is 369 g/mol. The topological polar surface area (TPSA) is 30.7 Å². The zero-order valence-corrected chi connectivity index (χ0v) is 15.0. The molecule has 2 aromatic rings. The van der Waals surface area contributed by atoms with E-state index in [1.807, 2.05) is 19.2 Å². The van der Waals surface area contributed by atoms with Gasteiger partial charge in [-0.05, 0) is 60.0 Å². The summed E-state index contributed by atoms with van der Waals surface area (Å²) in [5.41, 5.74) is 1.89. The molecule has 114 valence electrons. The van der Waals surface area contributed by atoms with E-state index in [2.05, 4.69) is 39.3 Å². The second-order valence-corrected chi connectivity index (χ2v) is 7.99. The van der Waals surface area contributed by atoms with Gasteiger partial charge in [-0.15, -0.1) is 11.6 Å². The predicted molar refractivity (Wildman–Crippen MR) is 90.7 cm³/mol. The Hall–Kier alpha value is -0.610. The number of alkyl halides is 1. The van der Waals surface area contributed by atoms with Gasteiger partial charge in [0.1, 0.15) is 11.3 Å². The van der Waals surface area contributed by atoms with Gasteiger partial charge in [0, 0.05) is 16.7 Å². The normalized spacial score (nSPS) is 28.0. The average Bonchev–Trinajstić information content (AvgIpc) is 2.77. The van der Waals surface area contributed by atoms with Gasteiger partial charge in [-0.3, -0.25) is 0 Å². The Morgan fingerprint density at radius 3 is 2.81 bits per heavy atom. The SMILES string of the molecule is CC1CCC(n2c(C(C)Cl)nc3cc(Br)cnc32)C(C)C1. The maximum absolute atomic E-state index is 6.39. The third-order valence-electron chi connectivity index (χ3n) is 4.60. The van der Waals surface area contributed by atoms with Crippen molar-refractivity contribution >= 4 is 38.7 Å². The van der Waals surface area contributed by atoms with E-state index in [1.165, 1.54) is 19.3 Å². The molecule has 2 heterocycles. The number of pyridine rings is 1. The van der Waals surface area contributed by atoms with Crippen molar-refractivity contribution in [2.75, 3.05) is 0 Å². The van der Waals surface area contributed by atoms with Crippen LogP contribution in [0, 0.1) is 11.8 Å². The molecular formula is C16H21BrClN3. The van der Waals surface area contributed by atoms with Crippen LogP contribution in [-0.2, 0) is 0 Å². The molecule has 4 unspecified atom stereocenters. The third-order valence-corrected chi connectivity index (χ3v) is 5.23. The first-order valence-electron chi connectivity index (χ1n) is 7.64. The number of imidazole rings is 1. The van der Waals surface area contributed by atoms with Crippen molar-refractivity contribution in [2.45, 2.75) is 51.5 Å². The number of halogens is 2. The highest BCUT2D eigenvalue weighted by atomic mass is 79.9. The third kappa shape index (κ3) is 2.85. The molecule has 0 amide bonds. The fraction of sp³-hybridized carbons (Fsp3) is 0.625. The summed E-state index contributed by atoms with van der Waals surface area (Å²) in [4.78, 5) is 9.35. The second kappa shape index (κ2) is 5.88. The van der Waals surface area contributed by atoms with Gasteiger partial charge in [0.25, 0.3) is 0 Å². The van der Waals surface area contributed by atoms with E-state index in [4.69, 9.17) is 16.6 Å². The Balaban J connectivity index is 2.13. The summed E-state index contributed by atoms with van der Waals surface area (Å²) in [5.74, 6) is 2.39. The fourth-order valence-electron chi connectivity index (χ4n) is 3.62. The number of hydrogen-bond acceptors (Lipinski definition) is 2. The number of aromatic nitrogens is 3. The molecule has 1 aliphatic carbocycles. The minimum Gasteiger partial charge on any atom is -0.308 e. The van der Waals surface area contributed by atoms with Gasteiger partial charge >= 0.3 is 0 Å². The van der Waals surface area contributed by atoms with E-state index in [1.54, 1.807) is 0 Å². The van der Waals surface area contributed by atoms with Crippen molar-refractivity contribution in [3.63, 3.8) is 0 Å². The smallest absolute Gasteiger partial charge is 0.160 e. The van der Waals surface area contributed by atoms with Crippen molar-refractivity contribution in [2.24, 2.45) is 11.8 Å². The Bertz CT molecular complexity index is 652. The van der Waals surface area contributed by atoms with E-state index < -0.39 is 0 Å². The molecule has 0 spiro atoms. The molecule has 2 aromatic heterocycles. The largest absolute Gasteiger partial charge is 0.308 e. The number of nitrogens with zero attached hydrogens (tertiary/aromatic N) is 3. The molecule has 1 fully saturated rings. The first-order valence-corrected chi connectivity index (χ1v) is 8.87. The lowest BCUT2D eigenvalue weighted by molar-refractivity contribution is 0.207. The molecule has 4 atom stereocenters. The van der Waals surface area contributed by atoms with Crippen LogP contribution in [0.25, 0.3) is 11.2 Å². The Kier molecular flexibility index (Phi) is 4.28. The molecule has 21 heavy (non-hydrogen) atoms. The number of fused-ring (bicyclic) bond motifs is 1. The second-order valence-electron chi connectivity index (χ2n) is 6.42. The van der Waals surface area contributed by atoms with Crippen LogP contribution in [0.15, 0.2) is 16.7 Å². The van der Waals surface area contributed by atoms with Crippen LogP contribution in [0.5, 0.6) is 0 Å². The number of rotatable bonds is 2. The van der Waals surface area contributed by atoms with Gasteiger partial charge in [-0.1, -0.05) is 13.8 Å². The number of hydrogen-bond donors (Lipinski definition) is 0. The lowest BCUT2D eigenvalue weighted by Crippen LogP contribution is -2.26. The molecule has 0 aliphatic heterocycles. The summed E-state index contributed by atoms with van der Waals surface area (Å²) in [6.07, 6.45) is 5.56. The molecule has 0 aromatic carbocycles. The zero-order chi connectivity index (χ0) is 15.1. The molecule has 1 aliphatic rings. The average molecular weight is 371 g/mol. The molecule has 0 radical (unpaired) electrons. The highest BCUT2D eigenvalue weighted by Gasteiger charge is 2.31. The van der Waals surface area contributed by atoms with Gasteiger partial charge in [-0.25, -0.2) is 9.97 Å². The fourth-order valence-corrected chi connectivity index (χ4v) is 4.09. The summed E-state index contributed by atoms with van der Waals surface area (Å²) >= 11 is 9.87. The lowest BCUT2D eigenvalue weighted by Gasteiger charge is -2.34. The predicted octanol–water partition coefficient (Wildman–Crippen LogP) is 5.49. The van der Waals surface area contributed by atoms with Crippen LogP contribution >= 0.6 is 27.5 Å². The standard InChI is InChI=1S/C16H21BrClN3/c1-9-4-5-14(10(2)6-9)21-15(11(3)18)20-13-7-12(17)8-19-16(13)21/h7-11,14H,4-6H2,1-3H3. The van der Waals surface area contributed by atoms with Crippen molar-refractivity contribution < 1.29 is 0 Å². The molecule has 0 N–H and O–H groups in total. The van der Waals surface area contributed by atoms with Gasteiger partial charge in [0.05, 0.1) is 5.38 Å². The lowest BCUT2D eigenvalue weighted by atomic mass is 9.79. The maximum Gasteiger partial charge on any atom is 0.160 e. The molecule has 1 saturated carbocycles. The Labute approximate surface area is 139 Å². The van der Waals surface area contributed by atoms with Crippen molar-refractivity contribution in [3.8, 4) is 0 Å². The van der Waals surface area contributed by atoms with E-state index in [9.17, 15) is 0 Å². The Morgan fingerprint density at radius 2 is 2.14 bits per heavy atom. The van der Waals surface area contributed by atoms with Gasteiger partial charge in [0.2, 0.25) is 0 Å². The molecule has 0 bridgehead atoms. The summed E-state index contributed by atoms with van der Waals surface area (Å²) in [5, 5.41) is -0.107. The minimum atomic E-state index is -0.107. The van der Waals surface area contributed by atoms with E-state index in [-0.39, 0.29) is 5.38 Å². The quantitative estimate of drug-likeness (QED) is 0.654. The van der Waals surface area contributed by atoms with Crippen molar-refractivity contribution in [1.29, 1.82) is 0 Å². The van der Waals surface area contributed by atoms with Crippen LogP contribution in [0.4, 0.5) is 0 Å². The van der Waals surface area contributed by atoms with Crippen LogP contribution in [0.2, 0.25) is 0 Å². The van der Waals surface area contributed by atoms with Gasteiger partial charge in [-0.2, -0.15) is 0 Å². The van der Waals surface area contributed by atoms with Crippen molar-refractivity contribution in [3.05, 3.63) is 22.6 Å². The first kappa shape index (κ1) is 15.3.